The molecule has 1 aromatic rings. The Morgan fingerprint density at radius 3 is 3.06 bits per heavy atom. The maximum atomic E-state index is 11.6. The molecule has 4 heteroatoms. The summed E-state index contributed by atoms with van der Waals surface area (Å²) in [6, 6.07) is 5.84. The van der Waals surface area contributed by atoms with Crippen molar-refractivity contribution in [1.29, 1.82) is 0 Å². The highest BCUT2D eigenvalue weighted by Gasteiger charge is 2.21. The maximum absolute atomic E-state index is 11.6. The average molecular weight is 235 g/mol. The molecule has 0 aliphatic carbocycles. The summed E-state index contributed by atoms with van der Waals surface area (Å²) in [7, 11) is 3.13. The lowest BCUT2D eigenvalue weighted by Crippen LogP contribution is -2.27. The molecule has 1 atom stereocenters. The highest BCUT2D eigenvalue weighted by molar-refractivity contribution is 5.82. The van der Waals surface area contributed by atoms with Crippen LogP contribution in [0.4, 0.5) is 0 Å². The van der Waals surface area contributed by atoms with Gasteiger partial charge in [-0.2, -0.15) is 0 Å². The molecule has 0 aromatic heterocycles. The fourth-order valence-electron chi connectivity index (χ4n) is 2.05. The van der Waals surface area contributed by atoms with E-state index >= 15 is 0 Å². The fourth-order valence-corrected chi connectivity index (χ4v) is 2.05. The highest BCUT2D eigenvalue weighted by Crippen LogP contribution is 2.29. The number of benzene rings is 1. The lowest BCUT2D eigenvalue weighted by molar-refractivity contribution is -0.130. The van der Waals surface area contributed by atoms with E-state index < -0.39 is 6.10 Å². The second-order valence-electron chi connectivity index (χ2n) is 4.05. The third-order valence-electron chi connectivity index (χ3n) is 2.96. The van der Waals surface area contributed by atoms with Gasteiger partial charge in [-0.3, -0.25) is 4.79 Å². The van der Waals surface area contributed by atoms with E-state index in [0.29, 0.717) is 0 Å². The minimum atomic E-state index is -0.573. The van der Waals surface area contributed by atoms with E-state index in [1.54, 1.807) is 7.05 Å². The monoisotopic (exact) mass is 235 g/mol. The lowest BCUT2D eigenvalue weighted by atomic mass is 10.0. The van der Waals surface area contributed by atoms with E-state index in [1.165, 1.54) is 12.7 Å². The van der Waals surface area contributed by atoms with Gasteiger partial charge in [-0.25, -0.2) is 0 Å². The van der Waals surface area contributed by atoms with Crippen molar-refractivity contribution in [1.82, 2.24) is 5.32 Å². The molecule has 1 aliphatic heterocycles. The molecule has 4 nitrogen and oxygen atoms in total. The molecule has 2 rings (SSSR count). The minimum Gasteiger partial charge on any atom is -0.493 e. The number of methoxy groups -OCH3 is 1. The number of hydrogen-bond acceptors (Lipinski definition) is 3. The van der Waals surface area contributed by atoms with Gasteiger partial charge in [0.1, 0.15) is 5.75 Å². The van der Waals surface area contributed by atoms with Crippen LogP contribution in [0.15, 0.2) is 18.2 Å². The Morgan fingerprint density at radius 1 is 1.53 bits per heavy atom. The molecular weight excluding hydrogens is 218 g/mol. The van der Waals surface area contributed by atoms with Crippen LogP contribution >= 0.6 is 0 Å². The number of amides is 1. The summed E-state index contributed by atoms with van der Waals surface area (Å²) in [5, 5.41) is 2.59. The van der Waals surface area contributed by atoms with Crippen molar-refractivity contribution in [3.63, 3.8) is 0 Å². The van der Waals surface area contributed by atoms with Gasteiger partial charge >= 0.3 is 0 Å². The van der Waals surface area contributed by atoms with Crippen LogP contribution in [0.2, 0.25) is 0 Å². The Hall–Kier alpha value is -1.55. The van der Waals surface area contributed by atoms with Crippen LogP contribution in [0.25, 0.3) is 0 Å². The Bertz CT molecular complexity index is 417. The average Bonchev–Trinajstić information content (AvgIpc) is 2.39. The second-order valence-corrected chi connectivity index (χ2v) is 4.05. The first kappa shape index (κ1) is 11.9. The SMILES string of the molecule is CNC(=O)C(OC)c1ccc2c(c1)OCCC2. The van der Waals surface area contributed by atoms with Crippen molar-refractivity contribution in [3.05, 3.63) is 29.3 Å². The third kappa shape index (κ3) is 2.42. The summed E-state index contributed by atoms with van der Waals surface area (Å²) in [5.41, 5.74) is 2.03. The summed E-state index contributed by atoms with van der Waals surface area (Å²) >= 11 is 0. The molecule has 17 heavy (non-hydrogen) atoms. The molecule has 0 spiro atoms. The van der Waals surface area contributed by atoms with Gasteiger partial charge in [-0.05, 0) is 30.0 Å². The molecule has 0 fully saturated rings. The first-order valence-electron chi connectivity index (χ1n) is 5.76. The third-order valence-corrected chi connectivity index (χ3v) is 2.96. The Morgan fingerprint density at radius 2 is 2.35 bits per heavy atom. The van der Waals surface area contributed by atoms with Crippen LogP contribution in [-0.4, -0.2) is 26.7 Å². The van der Waals surface area contributed by atoms with Gasteiger partial charge in [0, 0.05) is 14.2 Å². The number of aryl methyl sites for hydroxylation is 1. The number of hydrogen-bond donors (Lipinski definition) is 1. The van der Waals surface area contributed by atoms with Gasteiger partial charge in [0.15, 0.2) is 6.10 Å². The summed E-state index contributed by atoms with van der Waals surface area (Å²) in [4.78, 5) is 11.6. The van der Waals surface area contributed by atoms with Crippen LogP contribution in [0, 0.1) is 0 Å². The highest BCUT2D eigenvalue weighted by atomic mass is 16.5. The van der Waals surface area contributed by atoms with Crippen LogP contribution in [0.3, 0.4) is 0 Å². The zero-order valence-electron chi connectivity index (χ0n) is 10.2. The number of nitrogens with one attached hydrogen (secondary N) is 1. The minimum absolute atomic E-state index is 0.150. The van der Waals surface area contributed by atoms with Crippen molar-refractivity contribution in [2.24, 2.45) is 0 Å². The summed E-state index contributed by atoms with van der Waals surface area (Å²) < 4.78 is 10.8. The molecule has 0 saturated carbocycles. The molecule has 0 radical (unpaired) electrons. The summed E-state index contributed by atoms with van der Waals surface area (Å²) in [5.74, 6) is 0.725. The summed E-state index contributed by atoms with van der Waals surface area (Å²) in [6.45, 7) is 0.744. The zero-order valence-corrected chi connectivity index (χ0v) is 10.2. The molecule has 1 amide bonds. The standard InChI is InChI=1S/C13H17NO3/c1-14-13(15)12(16-2)10-6-5-9-4-3-7-17-11(9)8-10/h5-6,8,12H,3-4,7H2,1-2H3,(H,14,15). The van der Waals surface area contributed by atoms with Gasteiger partial charge in [0.05, 0.1) is 6.61 Å². The normalized spacial score (nSPS) is 15.6. The topological polar surface area (TPSA) is 47.6 Å². The van der Waals surface area contributed by atoms with E-state index in [-0.39, 0.29) is 5.91 Å². The van der Waals surface area contributed by atoms with Crippen LogP contribution in [-0.2, 0) is 16.0 Å². The predicted molar refractivity (Wildman–Crippen MR) is 64.1 cm³/mol. The van der Waals surface area contributed by atoms with E-state index in [1.807, 2.05) is 18.2 Å². The fraction of sp³-hybridized carbons (Fsp3) is 0.462. The van der Waals surface area contributed by atoms with Gasteiger partial charge in [-0.15, -0.1) is 0 Å². The number of fused-ring (bicyclic) bond motifs is 1. The molecule has 1 heterocycles. The Kier molecular flexibility index (Phi) is 3.64. The lowest BCUT2D eigenvalue weighted by Gasteiger charge is -2.20. The van der Waals surface area contributed by atoms with Crippen molar-refractivity contribution in [2.45, 2.75) is 18.9 Å². The van der Waals surface area contributed by atoms with Crippen molar-refractivity contribution in [2.75, 3.05) is 20.8 Å². The number of carbonyl (C=O) groups is 1. The van der Waals surface area contributed by atoms with E-state index in [9.17, 15) is 4.79 Å². The molecule has 1 aliphatic rings. The number of rotatable bonds is 3. The van der Waals surface area contributed by atoms with Crippen molar-refractivity contribution >= 4 is 5.91 Å². The van der Waals surface area contributed by atoms with Crippen LogP contribution in [0.1, 0.15) is 23.7 Å². The number of likely N-dealkylation sites (N-methyl/N-ethyl adjacent to an activating group) is 1. The van der Waals surface area contributed by atoms with Crippen LogP contribution in [0.5, 0.6) is 5.75 Å². The van der Waals surface area contributed by atoms with Gasteiger partial charge in [0.2, 0.25) is 0 Å². The van der Waals surface area contributed by atoms with Gasteiger partial charge < -0.3 is 14.8 Å². The smallest absolute Gasteiger partial charge is 0.253 e. The maximum Gasteiger partial charge on any atom is 0.253 e. The molecule has 1 unspecified atom stereocenters. The molecule has 1 N–H and O–H groups in total. The molecule has 92 valence electrons. The Labute approximate surface area is 101 Å². The molecule has 1 aromatic carbocycles. The first-order chi connectivity index (χ1) is 8.26. The number of ether oxygens (including phenoxy) is 2. The van der Waals surface area contributed by atoms with Crippen molar-refractivity contribution < 1.29 is 14.3 Å². The molecular formula is C13H17NO3. The van der Waals surface area contributed by atoms with E-state index in [4.69, 9.17) is 9.47 Å². The largest absolute Gasteiger partial charge is 0.493 e. The quantitative estimate of drug-likeness (QED) is 0.862. The molecule has 0 saturated heterocycles. The first-order valence-corrected chi connectivity index (χ1v) is 5.76. The summed E-state index contributed by atoms with van der Waals surface area (Å²) in [6.07, 6.45) is 1.51. The second kappa shape index (κ2) is 5.19. The van der Waals surface area contributed by atoms with Gasteiger partial charge in [0.25, 0.3) is 5.91 Å². The zero-order chi connectivity index (χ0) is 12.3. The van der Waals surface area contributed by atoms with Crippen molar-refractivity contribution in [3.8, 4) is 5.75 Å². The predicted octanol–water partition coefficient (Wildman–Crippen LogP) is 1.45. The van der Waals surface area contributed by atoms with E-state index in [2.05, 4.69) is 5.32 Å². The number of carbonyl (C=O) groups excluding carboxylic acids is 1. The van der Waals surface area contributed by atoms with Gasteiger partial charge in [-0.1, -0.05) is 12.1 Å². The van der Waals surface area contributed by atoms with Crippen LogP contribution < -0.4 is 10.1 Å². The van der Waals surface area contributed by atoms with E-state index in [0.717, 1.165) is 30.8 Å². The Balaban J connectivity index is 2.29. The molecule has 0 bridgehead atoms.